The monoisotopic (exact) mass is 423 g/mol. The Kier molecular flexibility index (Phi) is 7.57. The van der Waals surface area contributed by atoms with E-state index in [1.54, 1.807) is 0 Å². The summed E-state index contributed by atoms with van der Waals surface area (Å²) in [7, 11) is 0. The minimum Gasteiger partial charge on any atom is -0.369 e. The Morgan fingerprint density at radius 3 is 2.39 bits per heavy atom. The lowest BCUT2D eigenvalue weighted by Gasteiger charge is -2.44. The van der Waals surface area contributed by atoms with Crippen LogP contribution in [-0.4, -0.2) is 61.0 Å². The first-order valence-corrected chi connectivity index (χ1v) is 11.8. The van der Waals surface area contributed by atoms with Gasteiger partial charge in [0.05, 0.1) is 0 Å². The summed E-state index contributed by atoms with van der Waals surface area (Å²) in [5.74, 6) is 0.136. The van der Waals surface area contributed by atoms with Crippen LogP contribution in [0.1, 0.15) is 37.7 Å². The van der Waals surface area contributed by atoms with E-state index >= 15 is 0 Å². The molecule has 0 spiro atoms. The smallest absolute Gasteiger partial charge is 0.222 e. The lowest BCUT2D eigenvalue weighted by molar-refractivity contribution is -0.133. The molecule has 0 bridgehead atoms. The fraction of sp³-hybridized carbons (Fsp3) is 0.500. The molecule has 4 nitrogen and oxygen atoms in total. The SMILES string of the molecule is O=C(CCCCc1ccccc1)N1CCCC(N2CCN(c3ccc(F)cc3)CC2)C1. The van der Waals surface area contributed by atoms with Crippen molar-refractivity contribution in [1.29, 1.82) is 0 Å². The van der Waals surface area contributed by atoms with E-state index in [1.807, 2.05) is 18.2 Å². The summed E-state index contributed by atoms with van der Waals surface area (Å²) in [5.41, 5.74) is 2.45. The van der Waals surface area contributed by atoms with E-state index in [4.69, 9.17) is 0 Å². The number of carbonyl (C=O) groups excluding carboxylic acids is 1. The molecule has 2 heterocycles. The summed E-state index contributed by atoms with van der Waals surface area (Å²) in [6, 6.07) is 17.8. The van der Waals surface area contributed by atoms with Crippen LogP contribution in [0.5, 0.6) is 0 Å². The summed E-state index contributed by atoms with van der Waals surface area (Å²) < 4.78 is 13.2. The van der Waals surface area contributed by atoms with Crippen molar-refractivity contribution < 1.29 is 9.18 Å². The number of unbranched alkanes of at least 4 members (excludes halogenated alkanes) is 1. The molecule has 0 aromatic heterocycles. The second-order valence-electron chi connectivity index (χ2n) is 8.83. The maximum absolute atomic E-state index is 13.2. The molecule has 31 heavy (non-hydrogen) atoms. The molecule has 0 saturated carbocycles. The van der Waals surface area contributed by atoms with E-state index in [1.165, 1.54) is 24.1 Å². The largest absolute Gasteiger partial charge is 0.369 e. The first-order chi connectivity index (χ1) is 15.2. The highest BCUT2D eigenvalue weighted by Gasteiger charge is 2.29. The molecule has 1 amide bonds. The summed E-state index contributed by atoms with van der Waals surface area (Å²) in [4.78, 5) is 19.7. The normalized spacial score (nSPS) is 20.1. The number of hydrogen-bond acceptors (Lipinski definition) is 3. The Morgan fingerprint density at radius 1 is 0.903 bits per heavy atom. The molecular weight excluding hydrogens is 389 g/mol. The number of amides is 1. The van der Waals surface area contributed by atoms with E-state index in [0.717, 1.165) is 70.6 Å². The number of anilines is 1. The minimum absolute atomic E-state index is 0.186. The van der Waals surface area contributed by atoms with E-state index in [0.29, 0.717) is 18.4 Å². The molecule has 1 atom stereocenters. The zero-order valence-electron chi connectivity index (χ0n) is 18.4. The van der Waals surface area contributed by atoms with Gasteiger partial charge in [-0.3, -0.25) is 9.69 Å². The molecule has 0 radical (unpaired) electrons. The molecule has 166 valence electrons. The Balaban J connectivity index is 1.19. The zero-order chi connectivity index (χ0) is 21.5. The van der Waals surface area contributed by atoms with E-state index < -0.39 is 0 Å². The zero-order valence-corrected chi connectivity index (χ0v) is 18.4. The second-order valence-corrected chi connectivity index (χ2v) is 8.83. The molecule has 2 saturated heterocycles. The van der Waals surface area contributed by atoms with E-state index in [2.05, 4.69) is 39.0 Å². The van der Waals surface area contributed by atoms with Gasteiger partial charge in [0.1, 0.15) is 5.82 Å². The van der Waals surface area contributed by atoms with Crippen molar-refractivity contribution in [2.75, 3.05) is 44.2 Å². The van der Waals surface area contributed by atoms with Crippen molar-refractivity contribution in [2.45, 2.75) is 44.6 Å². The lowest BCUT2D eigenvalue weighted by atomic mass is 10.0. The minimum atomic E-state index is -0.186. The second kappa shape index (κ2) is 10.8. The van der Waals surface area contributed by atoms with Crippen molar-refractivity contribution in [3.8, 4) is 0 Å². The van der Waals surface area contributed by atoms with Crippen LogP contribution < -0.4 is 4.90 Å². The first kappa shape index (κ1) is 21.8. The molecule has 5 heteroatoms. The third-order valence-corrected chi connectivity index (χ3v) is 6.72. The molecular formula is C26H34FN3O. The number of carbonyl (C=O) groups is 1. The third-order valence-electron chi connectivity index (χ3n) is 6.72. The maximum atomic E-state index is 13.2. The molecule has 2 aliphatic heterocycles. The Morgan fingerprint density at radius 2 is 1.65 bits per heavy atom. The molecule has 0 aliphatic carbocycles. The average Bonchev–Trinajstić information content (AvgIpc) is 2.83. The fourth-order valence-corrected chi connectivity index (χ4v) is 4.88. The quantitative estimate of drug-likeness (QED) is 0.620. The van der Waals surface area contributed by atoms with Crippen LogP contribution in [0.3, 0.4) is 0 Å². The van der Waals surface area contributed by atoms with Gasteiger partial charge in [-0.05, 0) is 61.9 Å². The van der Waals surface area contributed by atoms with Crippen molar-refractivity contribution in [3.05, 3.63) is 66.0 Å². The number of halogens is 1. The highest BCUT2D eigenvalue weighted by Crippen LogP contribution is 2.22. The number of piperidine rings is 1. The predicted molar refractivity (Wildman–Crippen MR) is 124 cm³/mol. The number of aryl methyl sites for hydroxylation is 1. The van der Waals surface area contributed by atoms with Crippen LogP contribution >= 0.6 is 0 Å². The Hall–Kier alpha value is -2.40. The standard InChI is InChI=1S/C26H34FN3O/c27-23-12-14-24(15-13-23)28-17-19-29(20-18-28)25-10-6-16-30(21-25)26(31)11-5-4-9-22-7-2-1-3-8-22/h1-3,7-8,12-15,25H,4-6,9-11,16-21H2. The van der Waals surface area contributed by atoms with Gasteiger partial charge in [0.2, 0.25) is 5.91 Å². The number of rotatable bonds is 7. The van der Waals surface area contributed by atoms with Crippen LogP contribution in [0.25, 0.3) is 0 Å². The Bertz CT molecular complexity index is 818. The summed E-state index contributed by atoms with van der Waals surface area (Å²) in [6.45, 7) is 5.69. The van der Waals surface area contributed by atoms with Gasteiger partial charge in [-0.1, -0.05) is 30.3 Å². The van der Waals surface area contributed by atoms with Gasteiger partial charge >= 0.3 is 0 Å². The topological polar surface area (TPSA) is 26.8 Å². The molecule has 2 aromatic carbocycles. The summed E-state index contributed by atoms with van der Waals surface area (Å²) in [6.07, 6.45) is 6.02. The van der Waals surface area contributed by atoms with Crippen LogP contribution in [0.2, 0.25) is 0 Å². The van der Waals surface area contributed by atoms with E-state index in [9.17, 15) is 9.18 Å². The van der Waals surface area contributed by atoms with Crippen LogP contribution in [0.4, 0.5) is 10.1 Å². The lowest BCUT2D eigenvalue weighted by Crippen LogP contribution is -2.55. The van der Waals surface area contributed by atoms with Crippen molar-refractivity contribution in [2.24, 2.45) is 0 Å². The maximum Gasteiger partial charge on any atom is 0.222 e. The number of piperazine rings is 1. The van der Waals surface area contributed by atoms with Gasteiger partial charge in [0.25, 0.3) is 0 Å². The van der Waals surface area contributed by atoms with Gasteiger partial charge in [0, 0.05) is 57.4 Å². The third kappa shape index (κ3) is 6.07. The van der Waals surface area contributed by atoms with Crippen LogP contribution in [0.15, 0.2) is 54.6 Å². The van der Waals surface area contributed by atoms with Gasteiger partial charge < -0.3 is 9.80 Å². The van der Waals surface area contributed by atoms with Crippen molar-refractivity contribution in [1.82, 2.24) is 9.80 Å². The number of benzene rings is 2. The van der Waals surface area contributed by atoms with Crippen LogP contribution in [-0.2, 0) is 11.2 Å². The average molecular weight is 424 g/mol. The first-order valence-electron chi connectivity index (χ1n) is 11.8. The van der Waals surface area contributed by atoms with Gasteiger partial charge in [-0.15, -0.1) is 0 Å². The Labute approximate surface area is 185 Å². The molecule has 2 fully saturated rings. The van der Waals surface area contributed by atoms with Gasteiger partial charge in [-0.2, -0.15) is 0 Å². The molecule has 1 unspecified atom stereocenters. The van der Waals surface area contributed by atoms with Gasteiger partial charge in [0.15, 0.2) is 0 Å². The number of hydrogen-bond donors (Lipinski definition) is 0. The molecule has 2 aliphatic rings. The molecule has 0 N–H and O–H groups in total. The summed E-state index contributed by atoms with van der Waals surface area (Å²) >= 11 is 0. The molecule has 4 rings (SSSR count). The fourth-order valence-electron chi connectivity index (χ4n) is 4.88. The van der Waals surface area contributed by atoms with E-state index in [-0.39, 0.29) is 5.82 Å². The number of nitrogens with zero attached hydrogens (tertiary/aromatic N) is 3. The summed E-state index contributed by atoms with van der Waals surface area (Å²) in [5, 5.41) is 0. The highest BCUT2D eigenvalue weighted by molar-refractivity contribution is 5.76. The molecule has 2 aromatic rings. The van der Waals surface area contributed by atoms with Crippen molar-refractivity contribution in [3.63, 3.8) is 0 Å². The predicted octanol–water partition coefficient (Wildman–Crippen LogP) is 4.35. The van der Waals surface area contributed by atoms with Crippen LogP contribution in [0, 0.1) is 5.82 Å². The highest BCUT2D eigenvalue weighted by atomic mass is 19.1. The number of likely N-dealkylation sites (tertiary alicyclic amines) is 1. The van der Waals surface area contributed by atoms with Crippen molar-refractivity contribution >= 4 is 11.6 Å². The van der Waals surface area contributed by atoms with Gasteiger partial charge in [-0.25, -0.2) is 4.39 Å².